The summed E-state index contributed by atoms with van der Waals surface area (Å²) in [6.45, 7) is 4.71. The highest BCUT2D eigenvalue weighted by atomic mass is 15.1. The molecule has 0 saturated heterocycles. The number of rotatable bonds is 7. The topological polar surface area (TPSA) is 3.24 Å². The van der Waals surface area contributed by atoms with Crippen LogP contribution in [0.25, 0.3) is 55.3 Å². The van der Waals surface area contributed by atoms with Crippen molar-refractivity contribution in [2.45, 2.75) is 24.7 Å². The van der Waals surface area contributed by atoms with Crippen LogP contribution in [-0.4, -0.2) is 0 Å². The van der Waals surface area contributed by atoms with Gasteiger partial charge in [-0.15, -0.1) is 0 Å². The first-order chi connectivity index (χ1) is 31.0. The zero-order valence-corrected chi connectivity index (χ0v) is 35.5. The molecular formula is C62H45N. The summed E-state index contributed by atoms with van der Waals surface area (Å²) in [7, 11) is 0. The molecule has 0 fully saturated rings. The summed E-state index contributed by atoms with van der Waals surface area (Å²) >= 11 is 0. The van der Waals surface area contributed by atoms with Crippen molar-refractivity contribution in [2.24, 2.45) is 0 Å². The molecule has 63 heavy (non-hydrogen) atoms. The van der Waals surface area contributed by atoms with E-state index >= 15 is 0 Å². The number of fused-ring (bicyclic) bond motifs is 8. The van der Waals surface area contributed by atoms with E-state index in [-0.39, 0.29) is 5.41 Å². The first-order valence-corrected chi connectivity index (χ1v) is 22.1. The fourth-order valence-corrected chi connectivity index (χ4v) is 11.0. The van der Waals surface area contributed by atoms with Crippen LogP contribution in [0.2, 0.25) is 0 Å². The SMILES string of the molecule is CC1(C)c2ccccc2-c2ccc(N(c3ccc(-c4ccccc4)cc3)c3ccc(-c4ccc5ccc6c(c5c4)-c4ccccc4C6(c4ccccc4)c4ccccc4)cc3)cc21. The average Bonchev–Trinajstić information content (AvgIpc) is 3.78. The van der Waals surface area contributed by atoms with Crippen LogP contribution in [0.3, 0.4) is 0 Å². The van der Waals surface area contributed by atoms with Crippen molar-refractivity contribution in [2.75, 3.05) is 4.90 Å². The van der Waals surface area contributed by atoms with E-state index in [4.69, 9.17) is 0 Å². The quantitative estimate of drug-likeness (QED) is 0.155. The van der Waals surface area contributed by atoms with Crippen LogP contribution in [0.1, 0.15) is 47.2 Å². The van der Waals surface area contributed by atoms with Crippen LogP contribution < -0.4 is 4.90 Å². The Morgan fingerprint density at radius 2 is 0.794 bits per heavy atom. The molecule has 10 aromatic rings. The minimum absolute atomic E-state index is 0.104. The number of hydrogen-bond donors (Lipinski definition) is 0. The highest BCUT2D eigenvalue weighted by Gasteiger charge is 2.46. The Balaban J connectivity index is 0.981. The molecule has 0 heterocycles. The van der Waals surface area contributed by atoms with Crippen molar-refractivity contribution in [3.8, 4) is 44.5 Å². The molecule has 0 aromatic heterocycles. The lowest BCUT2D eigenvalue weighted by atomic mass is 9.67. The molecule has 0 spiro atoms. The minimum Gasteiger partial charge on any atom is -0.310 e. The lowest BCUT2D eigenvalue weighted by Crippen LogP contribution is -2.28. The molecule has 12 rings (SSSR count). The van der Waals surface area contributed by atoms with Gasteiger partial charge in [0.1, 0.15) is 0 Å². The van der Waals surface area contributed by atoms with Gasteiger partial charge in [-0.25, -0.2) is 0 Å². The molecule has 2 aliphatic rings. The second-order valence-corrected chi connectivity index (χ2v) is 17.6. The summed E-state index contributed by atoms with van der Waals surface area (Å²) in [6.07, 6.45) is 0. The monoisotopic (exact) mass is 803 g/mol. The maximum atomic E-state index is 2.42. The molecule has 298 valence electrons. The van der Waals surface area contributed by atoms with Gasteiger partial charge >= 0.3 is 0 Å². The Kier molecular flexibility index (Phi) is 8.49. The van der Waals surface area contributed by atoms with Gasteiger partial charge in [-0.3, -0.25) is 0 Å². The van der Waals surface area contributed by atoms with Gasteiger partial charge in [0.2, 0.25) is 0 Å². The predicted molar refractivity (Wildman–Crippen MR) is 264 cm³/mol. The summed E-state index contributed by atoms with van der Waals surface area (Å²) < 4.78 is 0. The highest BCUT2D eigenvalue weighted by Crippen LogP contribution is 2.58. The highest BCUT2D eigenvalue weighted by molar-refractivity contribution is 6.05. The normalized spacial score (nSPS) is 13.8. The largest absolute Gasteiger partial charge is 0.310 e. The standard InChI is InChI=1S/C62H45N/c1-61(2)56-24-14-12-22-52(56)53-38-37-51(41-59(53)61)63(49-33-28-43(29-34-49)42-16-6-3-7-17-42)50-35-30-44(31-36-50)46-27-26-45-32-39-58-60(55(45)40-46)54-23-13-15-25-57(54)62(58,47-18-8-4-9-19-47)48-20-10-5-11-21-48/h3-41H,1-2H3. The van der Waals surface area contributed by atoms with Gasteiger partial charge in [0.15, 0.2) is 0 Å². The first-order valence-electron chi connectivity index (χ1n) is 22.1. The summed E-state index contributed by atoms with van der Waals surface area (Å²) in [5, 5.41) is 2.52. The summed E-state index contributed by atoms with van der Waals surface area (Å²) in [4.78, 5) is 2.41. The molecule has 0 aliphatic heterocycles. The maximum absolute atomic E-state index is 2.42. The zero-order chi connectivity index (χ0) is 42.1. The molecule has 0 unspecified atom stereocenters. The van der Waals surface area contributed by atoms with E-state index in [0.29, 0.717) is 0 Å². The Hall–Kier alpha value is -7.74. The van der Waals surface area contributed by atoms with Crippen LogP contribution in [0.15, 0.2) is 237 Å². The molecule has 1 heteroatoms. The van der Waals surface area contributed by atoms with Gasteiger partial charge in [0.05, 0.1) is 5.41 Å². The molecule has 0 N–H and O–H groups in total. The Bertz CT molecular complexity index is 3290. The van der Waals surface area contributed by atoms with Crippen molar-refractivity contribution < 1.29 is 0 Å². The Labute approximate surface area is 370 Å². The lowest BCUT2D eigenvalue weighted by Gasteiger charge is -2.33. The Morgan fingerprint density at radius 1 is 0.317 bits per heavy atom. The molecule has 1 nitrogen and oxygen atoms in total. The van der Waals surface area contributed by atoms with Crippen molar-refractivity contribution >= 4 is 27.8 Å². The van der Waals surface area contributed by atoms with E-state index in [1.54, 1.807) is 0 Å². The molecular weight excluding hydrogens is 759 g/mol. The zero-order valence-electron chi connectivity index (χ0n) is 35.5. The third-order valence-electron chi connectivity index (χ3n) is 14.0. The molecule has 0 saturated carbocycles. The fourth-order valence-electron chi connectivity index (χ4n) is 11.0. The average molecular weight is 804 g/mol. The van der Waals surface area contributed by atoms with Gasteiger partial charge in [0, 0.05) is 22.5 Å². The maximum Gasteiger partial charge on any atom is 0.0713 e. The molecule has 10 aromatic carbocycles. The Morgan fingerprint density at radius 3 is 1.44 bits per heavy atom. The van der Waals surface area contributed by atoms with Gasteiger partial charge in [0.25, 0.3) is 0 Å². The van der Waals surface area contributed by atoms with E-state index in [2.05, 4.69) is 255 Å². The van der Waals surface area contributed by atoms with Crippen LogP contribution in [0.4, 0.5) is 17.1 Å². The van der Waals surface area contributed by atoms with Gasteiger partial charge in [-0.05, 0) is 131 Å². The van der Waals surface area contributed by atoms with Crippen LogP contribution in [0.5, 0.6) is 0 Å². The minimum atomic E-state index is -0.432. The number of anilines is 3. The second kappa shape index (κ2) is 14.4. The number of benzene rings is 10. The summed E-state index contributed by atoms with van der Waals surface area (Å²) in [6, 6.07) is 87.6. The number of nitrogens with zero attached hydrogens (tertiary/aromatic N) is 1. The van der Waals surface area contributed by atoms with Crippen molar-refractivity contribution in [1.29, 1.82) is 0 Å². The van der Waals surface area contributed by atoms with E-state index in [9.17, 15) is 0 Å². The van der Waals surface area contributed by atoms with Gasteiger partial charge < -0.3 is 4.90 Å². The van der Waals surface area contributed by atoms with Crippen LogP contribution in [-0.2, 0) is 10.8 Å². The van der Waals surface area contributed by atoms with E-state index < -0.39 is 5.41 Å². The predicted octanol–water partition coefficient (Wildman–Crippen LogP) is 16.3. The van der Waals surface area contributed by atoms with E-state index in [1.807, 2.05) is 0 Å². The molecule has 0 radical (unpaired) electrons. The van der Waals surface area contributed by atoms with Crippen LogP contribution >= 0.6 is 0 Å². The van der Waals surface area contributed by atoms with Gasteiger partial charge in [-0.1, -0.05) is 208 Å². The van der Waals surface area contributed by atoms with Crippen molar-refractivity contribution in [3.63, 3.8) is 0 Å². The summed E-state index contributed by atoms with van der Waals surface area (Å²) in [5.74, 6) is 0. The molecule has 2 aliphatic carbocycles. The number of hydrogen-bond acceptors (Lipinski definition) is 1. The smallest absolute Gasteiger partial charge is 0.0713 e. The third-order valence-corrected chi connectivity index (χ3v) is 14.0. The molecule has 0 atom stereocenters. The van der Waals surface area contributed by atoms with Crippen molar-refractivity contribution in [1.82, 2.24) is 0 Å². The lowest BCUT2D eigenvalue weighted by molar-refractivity contribution is 0.660. The van der Waals surface area contributed by atoms with E-state index in [1.165, 1.54) is 88.7 Å². The molecule has 0 bridgehead atoms. The molecule has 0 amide bonds. The third kappa shape index (κ3) is 5.70. The van der Waals surface area contributed by atoms with Crippen molar-refractivity contribution in [3.05, 3.63) is 270 Å². The van der Waals surface area contributed by atoms with E-state index in [0.717, 1.165) is 17.1 Å². The fraction of sp³-hybridized carbons (Fsp3) is 0.0645. The van der Waals surface area contributed by atoms with Gasteiger partial charge in [-0.2, -0.15) is 0 Å². The van der Waals surface area contributed by atoms with Crippen LogP contribution in [0, 0.1) is 0 Å². The second-order valence-electron chi connectivity index (χ2n) is 17.6. The first kappa shape index (κ1) is 37.1. The summed E-state index contributed by atoms with van der Waals surface area (Å²) in [5.41, 5.74) is 20.9.